The Hall–Kier alpha value is -0.540. The van der Waals surface area contributed by atoms with Crippen LogP contribution in [0.1, 0.15) is 19.3 Å². The van der Waals surface area contributed by atoms with Gasteiger partial charge in [-0.1, -0.05) is 0 Å². The van der Waals surface area contributed by atoms with Crippen molar-refractivity contribution in [1.82, 2.24) is 4.90 Å². The molecule has 2 rings (SSSR count). The van der Waals surface area contributed by atoms with E-state index in [1.165, 1.54) is 49.4 Å². The fourth-order valence-corrected chi connectivity index (χ4v) is 3.24. The quantitative estimate of drug-likeness (QED) is 0.754. The van der Waals surface area contributed by atoms with Gasteiger partial charge in [-0.15, -0.1) is 11.8 Å². The smallest absolute Gasteiger partial charge is 0.123 e. The molecule has 0 unspecified atom stereocenters. The van der Waals surface area contributed by atoms with E-state index in [1.54, 1.807) is 0 Å². The maximum absolute atomic E-state index is 12.7. The van der Waals surface area contributed by atoms with Gasteiger partial charge >= 0.3 is 0 Å². The molecule has 0 N–H and O–H groups in total. The molecule has 1 heterocycles. The average Bonchev–Trinajstić information content (AvgIpc) is 2.34. The molecule has 0 aliphatic carbocycles. The predicted octanol–water partition coefficient (Wildman–Crippen LogP) is 3.65. The lowest BCUT2D eigenvalue weighted by Crippen LogP contribution is -2.30. The van der Waals surface area contributed by atoms with Gasteiger partial charge in [-0.25, -0.2) is 4.39 Å². The van der Waals surface area contributed by atoms with Gasteiger partial charge in [0.05, 0.1) is 0 Å². The molecule has 3 heteroatoms. The lowest BCUT2D eigenvalue weighted by atomic mass is 9.95. The first kappa shape index (κ1) is 12.9. The number of thioether (sulfide) groups is 1. The molecule has 0 spiro atoms. The summed E-state index contributed by atoms with van der Waals surface area (Å²) in [5.74, 6) is 1.89. The Morgan fingerprint density at radius 2 is 1.88 bits per heavy atom. The highest BCUT2D eigenvalue weighted by Crippen LogP contribution is 2.25. The van der Waals surface area contributed by atoms with E-state index < -0.39 is 0 Å². The van der Waals surface area contributed by atoms with E-state index in [2.05, 4.69) is 11.9 Å². The molecule has 94 valence electrons. The zero-order chi connectivity index (χ0) is 12.1. The van der Waals surface area contributed by atoms with Gasteiger partial charge in [0.2, 0.25) is 0 Å². The highest BCUT2D eigenvalue weighted by molar-refractivity contribution is 7.99. The number of hydrogen-bond donors (Lipinski definition) is 0. The van der Waals surface area contributed by atoms with Crippen LogP contribution in [0.2, 0.25) is 0 Å². The third-order valence-electron chi connectivity index (χ3n) is 3.45. The van der Waals surface area contributed by atoms with Gasteiger partial charge in [-0.05, 0) is 75.3 Å². The van der Waals surface area contributed by atoms with E-state index in [1.807, 2.05) is 23.9 Å². The second kappa shape index (κ2) is 6.41. The van der Waals surface area contributed by atoms with Crippen molar-refractivity contribution in [3.8, 4) is 0 Å². The van der Waals surface area contributed by atoms with Crippen LogP contribution in [0.4, 0.5) is 4.39 Å². The summed E-state index contributed by atoms with van der Waals surface area (Å²) in [5.41, 5.74) is 0. The summed E-state index contributed by atoms with van der Waals surface area (Å²) in [4.78, 5) is 3.59. The Kier molecular flexibility index (Phi) is 4.86. The van der Waals surface area contributed by atoms with Crippen LogP contribution in [0, 0.1) is 11.7 Å². The van der Waals surface area contributed by atoms with Gasteiger partial charge in [0.1, 0.15) is 5.82 Å². The van der Waals surface area contributed by atoms with Gasteiger partial charge in [-0.2, -0.15) is 0 Å². The van der Waals surface area contributed by atoms with Crippen molar-refractivity contribution < 1.29 is 4.39 Å². The van der Waals surface area contributed by atoms with E-state index in [9.17, 15) is 4.39 Å². The number of nitrogens with zero attached hydrogens (tertiary/aromatic N) is 1. The van der Waals surface area contributed by atoms with Crippen LogP contribution < -0.4 is 0 Å². The van der Waals surface area contributed by atoms with Crippen LogP contribution in [-0.4, -0.2) is 30.8 Å². The molecule has 1 fully saturated rings. The first-order chi connectivity index (χ1) is 8.24. The van der Waals surface area contributed by atoms with Crippen molar-refractivity contribution in [2.75, 3.05) is 25.9 Å². The topological polar surface area (TPSA) is 3.24 Å². The molecule has 0 radical (unpaired) electrons. The van der Waals surface area contributed by atoms with Crippen LogP contribution in [0.15, 0.2) is 29.2 Å². The van der Waals surface area contributed by atoms with Crippen LogP contribution in [0.3, 0.4) is 0 Å². The highest BCUT2D eigenvalue weighted by atomic mass is 32.2. The summed E-state index contributed by atoms with van der Waals surface area (Å²) in [6, 6.07) is 6.82. The third kappa shape index (κ3) is 4.32. The van der Waals surface area contributed by atoms with Gasteiger partial charge in [-0.3, -0.25) is 0 Å². The lowest BCUT2D eigenvalue weighted by molar-refractivity contribution is 0.217. The molecule has 1 aromatic rings. The molecule has 0 atom stereocenters. The minimum Gasteiger partial charge on any atom is -0.306 e. The molecule has 1 saturated heterocycles. The third-order valence-corrected chi connectivity index (χ3v) is 4.49. The second-order valence-corrected chi connectivity index (χ2v) is 6.01. The van der Waals surface area contributed by atoms with E-state index >= 15 is 0 Å². The van der Waals surface area contributed by atoms with Crippen LogP contribution >= 0.6 is 11.8 Å². The maximum Gasteiger partial charge on any atom is 0.123 e. The molecule has 1 aromatic carbocycles. The van der Waals surface area contributed by atoms with E-state index in [-0.39, 0.29) is 5.82 Å². The van der Waals surface area contributed by atoms with Crippen molar-refractivity contribution >= 4 is 11.8 Å². The number of rotatable bonds is 4. The van der Waals surface area contributed by atoms with Crippen molar-refractivity contribution in [1.29, 1.82) is 0 Å². The Balaban J connectivity index is 1.67. The normalized spacial score (nSPS) is 18.5. The standard InChI is InChI=1S/C14H20FNS/c1-16-9-6-12(7-10-16)8-11-17-14-4-2-13(15)3-5-14/h2-5,12H,6-11H2,1H3. The summed E-state index contributed by atoms with van der Waals surface area (Å²) < 4.78 is 12.7. The van der Waals surface area contributed by atoms with E-state index in [0.29, 0.717) is 0 Å². The minimum absolute atomic E-state index is 0.148. The number of halogens is 1. The van der Waals surface area contributed by atoms with Crippen LogP contribution in [0.25, 0.3) is 0 Å². The molecule has 0 saturated carbocycles. The summed E-state index contributed by atoms with van der Waals surface area (Å²) in [6.45, 7) is 2.48. The Bertz CT molecular complexity index is 331. The second-order valence-electron chi connectivity index (χ2n) is 4.84. The summed E-state index contributed by atoms with van der Waals surface area (Å²) in [5, 5.41) is 0. The molecule has 0 bridgehead atoms. The molecule has 1 aliphatic heterocycles. The van der Waals surface area contributed by atoms with Crippen molar-refractivity contribution in [3.63, 3.8) is 0 Å². The Labute approximate surface area is 107 Å². The minimum atomic E-state index is -0.148. The van der Waals surface area contributed by atoms with Gasteiger partial charge in [0.15, 0.2) is 0 Å². The largest absolute Gasteiger partial charge is 0.306 e. The number of hydrogen-bond acceptors (Lipinski definition) is 2. The molecule has 1 nitrogen and oxygen atoms in total. The van der Waals surface area contributed by atoms with E-state index in [0.717, 1.165) is 11.7 Å². The fraction of sp³-hybridized carbons (Fsp3) is 0.571. The number of piperidine rings is 1. The molecule has 1 aliphatic rings. The van der Waals surface area contributed by atoms with Crippen molar-refractivity contribution in [2.24, 2.45) is 5.92 Å². The van der Waals surface area contributed by atoms with Crippen LogP contribution in [-0.2, 0) is 0 Å². The van der Waals surface area contributed by atoms with E-state index in [4.69, 9.17) is 0 Å². The average molecular weight is 253 g/mol. The molecular formula is C14H20FNS. The first-order valence-electron chi connectivity index (χ1n) is 6.31. The van der Waals surface area contributed by atoms with Gasteiger partial charge < -0.3 is 4.90 Å². The molecule has 0 amide bonds. The zero-order valence-corrected chi connectivity index (χ0v) is 11.2. The monoisotopic (exact) mass is 253 g/mol. The highest BCUT2D eigenvalue weighted by Gasteiger charge is 2.15. The fourth-order valence-electron chi connectivity index (χ4n) is 2.23. The first-order valence-corrected chi connectivity index (χ1v) is 7.29. The molecule has 17 heavy (non-hydrogen) atoms. The zero-order valence-electron chi connectivity index (χ0n) is 10.4. The lowest BCUT2D eigenvalue weighted by Gasteiger charge is -2.28. The molecule has 0 aromatic heterocycles. The predicted molar refractivity (Wildman–Crippen MR) is 72.0 cm³/mol. The Morgan fingerprint density at radius 3 is 2.53 bits per heavy atom. The van der Waals surface area contributed by atoms with Gasteiger partial charge in [0, 0.05) is 4.90 Å². The van der Waals surface area contributed by atoms with Crippen LogP contribution in [0.5, 0.6) is 0 Å². The molecular weight excluding hydrogens is 233 g/mol. The Morgan fingerprint density at radius 1 is 1.24 bits per heavy atom. The SMILES string of the molecule is CN1CCC(CCSc2ccc(F)cc2)CC1. The van der Waals surface area contributed by atoms with Gasteiger partial charge in [0.25, 0.3) is 0 Å². The van der Waals surface area contributed by atoms with Crippen molar-refractivity contribution in [2.45, 2.75) is 24.2 Å². The number of likely N-dealkylation sites (tertiary alicyclic amines) is 1. The summed E-state index contributed by atoms with van der Waals surface area (Å²) in [6.07, 6.45) is 3.96. The summed E-state index contributed by atoms with van der Waals surface area (Å²) >= 11 is 1.84. The summed E-state index contributed by atoms with van der Waals surface area (Å²) in [7, 11) is 2.20. The number of benzene rings is 1. The maximum atomic E-state index is 12.7. The van der Waals surface area contributed by atoms with Crippen molar-refractivity contribution in [3.05, 3.63) is 30.1 Å².